The molecular formula is C9H9BrCl2. The molecule has 0 saturated heterocycles. The maximum atomic E-state index is 5.98. The highest BCUT2D eigenvalue weighted by Gasteiger charge is 2.05. The Morgan fingerprint density at radius 3 is 2.67 bits per heavy atom. The molecular weight excluding hydrogens is 259 g/mol. The van der Waals surface area contributed by atoms with Crippen LogP contribution in [0.5, 0.6) is 0 Å². The molecule has 0 N–H and O–H groups in total. The van der Waals surface area contributed by atoms with E-state index in [1.807, 2.05) is 12.1 Å². The lowest BCUT2D eigenvalue weighted by atomic mass is 10.1. The maximum Gasteiger partial charge on any atom is 0.0624 e. The van der Waals surface area contributed by atoms with E-state index in [1.54, 1.807) is 6.07 Å². The largest absolute Gasteiger partial charge is 0.0890 e. The number of halogens is 3. The van der Waals surface area contributed by atoms with Gasteiger partial charge in [0.2, 0.25) is 0 Å². The number of hydrogen-bond donors (Lipinski definition) is 0. The Kier molecular flexibility index (Phi) is 3.88. The van der Waals surface area contributed by atoms with Gasteiger partial charge >= 0.3 is 0 Å². The Morgan fingerprint density at radius 1 is 1.42 bits per heavy atom. The Labute approximate surface area is 91.0 Å². The van der Waals surface area contributed by atoms with Crippen molar-refractivity contribution in [2.45, 2.75) is 18.2 Å². The average molecular weight is 268 g/mol. The zero-order valence-corrected chi connectivity index (χ0v) is 9.75. The van der Waals surface area contributed by atoms with Crippen molar-refractivity contribution in [1.82, 2.24) is 0 Å². The smallest absolute Gasteiger partial charge is 0.0624 e. The van der Waals surface area contributed by atoms with Crippen molar-refractivity contribution in [3.05, 3.63) is 33.8 Å². The summed E-state index contributed by atoms with van der Waals surface area (Å²) >= 11 is 15.3. The molecule has 0 heterocycles. The number of alkyl halides is 1. The Hall–Kier alpha value is 0.280. The predicted molar refractivity (Wildman–Crippen MR) is 58.6 cm³/mol. The summed E-state index contributed by atoms with van der Waals surface area (Å²) in [6, 6.07) is 5.71. The van der Waals surface area contributed by atoms with Crippen molar-refractivity contribution >= 4 is 39.1 Å². The second kappa shape index (κ2) is 4.50. The fraction of sp³-hybridized carbons (Fsp3) is 0.333. The number of benzene rings is 1. The molecule has 0 aromatic heterocycles. The number of hydrogen-bond acceptors (Lipinski definition) is 0. The normalized spacial score (nSPS) is 13.0. The molecule has 1 rings (SSSR count). The SMILES string of the molecule is CC(Br)Cc1cccc(Cl)c1Cl. The van der Waals surface area contributed by atoms with Gasteiger partial charge in [-0.2, -0.15) is 0 Å². The highest BCUT2D eigenvalue weighted by molar-refractivity contribution is 9.09. The van der Waals surface area contributed by atoms with E-state index in [0.717, 1.165) is 12.0 Å². The van der Waals surface area contributed by atoms with Crippen LogP contribution in [0.15, 0.2) is 18.2 Å². The molecule has 1 atom stereocenters. The molecule has 0 aliphatic heterocycles. The van der Waals surface area contributed by atoms with Crippen LogP contribution in [0.25, 0.3) is 0 Å². The van der Waals surface area contributed by atoms with E-state index in [4.69, 9.17) is 23.2 Å². The average Bonchev–Trinajstić information content (AvgIpc) is 1.98. The van der Waals surface area contributed by atoms with E-state index < -0.39 is 0 Å². The highest BCUT2D eigenvalue weighted by atomic mass is 79.9. The maximum absolute atomic E-state index is 5.98. The lowest BCUT2D eigenvalue weighted by Crippen LogP contribution is -1.96. The fourth-order valence-electron chi connectivity index (χ4n) is 1.01. The summed E-state index contributed by atoms with van der Waals surface area (Å²) in [5, 5.41) is 1.30. The van der Waals surface area contributed by atoms with Crippen LogP contribution in [-0.2, 0) is 6.42 Å². The van der Waals surface area contributed by atoms with Gasteiger partial charge in [0.15, 0.2) is 0 Å². The zero-order chi connectivity index (χ0) is 9.14. The van der Waals surface area contributed by atoms with Crippen molar-refractivity contribution in [2.75, 3.05) is 0 Å². The van der Waals surface area contributed by atoms with Crippen LogP contribution in [0.2, 0.25) is 10.0 Å². The molecule has 1 aromatic carbocycles. The summed E-state index contributed by atoms with van der Waals surface area (Å²) < 4.78 is 0. The molecule has 12 heavy (non-hydrogen) atoms. The molecule has 0 aliphatic rings. The molecule has 0 amide bonds. The van der Waals surface area contributed by atoms with Crippen LogP contribution in [-0.4, -0.2) is 4.83 Å². The minimum absolute atomic E-state index is 0.425. The van der Waals surface area contributed by atoms with Crippen molar-refractivity contribution in [1.29, 1.82) is 0 Å². The first kappa shape index (κ1) is 10.4. The first-order valence-corrected chi connectivity index (χ1v) is 5.35. The lowest BCUT2D eigenvalue weighted by Gasteiger charge is -2.06. The Balaban J connectivity index is 2.92. The molecule has 1 aromatic rings. The van der Waals surface area contributed by atoms with Crippen molar-refractivity contribution in [3.63, 3.8) is 0 Å². The van der Waals surface area contributed by atoms with Gasteiger partial charge in [-0.05, 0) is 18.1 Å². The van der Waals surface area contributed by atoms with Gasteiger partial charge in [0.25, 0.3) is 0 Å². The summed E-state index contributed by atoms with van der Waals surface area (Å²) in [5.74, 6) is 0. The van der Waals surface area contributed by atoms with Crippen LogP contribution in [0.3, 0.4) is 0 Å². The first-order chi connectivity index (χ1) is 5.61. The monoisotopic (exact) mass is 266 g/mol. The summed E-state index contributed by atoms with van der Waals surface area (Å²) in [4.78, 5) is 0.425. The standard InChI is InChI=1S/C9H9BrCl2/c1-6(10)5-7-3-2-4-8(11)9(7)12/h2-4,6H,5H2,1H3. The van der Waals surface area contributed by atoms with E-state index in [-0.39, 0.29) is 0 Å². The third kappa shape index (κ3) is 2.65. The first-order valence-electron chi connectivity index (χ1n) is 3.68. The molecule has 3 heteroatoms. The number of rotatable bonds is 2. The fourth-order valence-corrected chi connectivity index (χ4v) is 1.76. The van der Waals surface area contributed by atoms with Crippen LogP contribution >= 0.6 is 39.1 Å². The van der Waals surface area contributed by atoms with E-state index in [0.29, 0.717) is 14.9 Å². The quantitative estimate of drug-likeness (QED) is 0.700. The minimum Gasteiger partial charge on any atom is -0.0890 e. The van der Waals surface area contributed by atoms with Crippen LogP contribution in [0.1, 0.15) is 12.5 Å². The summed E-state index contributed by atoms with van der Waals surface area (Å²) in [6.45, 7) is 2.08. The van der Waals surface area contributed by atoms with E-state index >= 15 is 0 Å². The van der Waals surface area contributed by atoms with Gasteiger partial charge in [0, 0.05) is 4.83 Å². The van der Waals surface area contributed by atoms with Crippen LogP contribution < -0.4 is 0 Å². The van der Waals surface area contributed by atoms with E-state index in [1.165, 1.54) is 0 Å². The van der Waals surface area contributed by atoms with Gasteiger partial charge in [0.1, 0.15) is 0 Å². The van der Waals surface area contributed by atoms with Crippen molar-refractivity contribution in [3.8, 4) is 0 Å². The molecule has 0 bridgehead atoms. The molecule has 0 radical (unpaired) electrons. The van der Waals surface area contributed by atoms with Crippen molar-refractivity contribution in [2.24, 2.45) is 0 Å². The minimum atomic E-state index is 0.425. The summed E-state index contributed by atoms with van der Waals surface area (Å²) in [7, 11) is 0. The van der Waals surface area contributed by atoms with Gasteiger partial charge in [-0.1, -0.05) is 58.2 Å². The van der Waals surface area contributed by atoms with Gasteiger partial charge in [-0.25, -0.2) is 0 Å². The van der Waals surface area contributed by atoms with Gasteiger partial charge < -0.3 is 0 Å². The zero-order valence-electron chi connectivity index (χ0n) is 6.65. The Morgan fingerprint density at radius 2 is 2.08 bits per heavy atom. The Bertz CT molecular complexity index is 271. The molecule has 0 aliphatic carbocycles. The molecule has 0 spiro atoms. The van der Waals surface area contributed by atoms with Crippen LogP contribution in [0.4, 0.5) is 0 Å². The van der Waals surface area contributed by atoms with Gasteiger partial charge in [0.05, 0.1) is 10.0 Å². The lowest BCUT2D eigenvalue weighted by molar-refractivity contribution is 0.960. The predicted octanol–water partition coefficient (Wildman–Crippen LogP) is 4.32. The topological polar surface area (TPSA) is 0 Å². The molecule has 0 fully saturated rings. The van der Waals surface area contributed by atoms with E-state index in [9.17, 15) is 0 Å². The van der Waals surface area contributed by atoms with Gasteiger partial charge in [-0.15, -0.1) is 0 Å². The third-order valence-corrected chi connectivity index (χ3v) is 2.71. The van der Waals surface area contributed by atoms with Gasteiger partial charge in [-0.3, -0.25) is 0 Å². The second-order valence-corrected chi connectivity index (χ2v) is 5.05. The second-order valence-electron chi connectivity index (χ2n) is 2.70. The van der Waals surface area contributed by atoms with Crippen LogP contribution in [0, 0.1) is 0 Å². The third-order valence-electron chi connectivity index (χ3n) is 1.53. The summed E-state index contributed by atoms with van der Waals surface area (Å²) in [6.07, 6.45) is 0.902. The molecule has 0 saturated carbocycles. The highest BCUT2D eigenvalue weighted by Crippen LogP contribution is 2.27. The molecule has 66 valence electrons. The summed E-state index contributed by atoms with van der Waals surface area (Å²) in [5.41, 5.74) is 1.09. The van der Waals surface area contributed by atoms with Crippen molar-refractivity contribution < 1.29 is 0 Å². The molecule has 1 unspecified atom stereocenters. The van der Waals surface area contributed by atoms with E-state index in [2.05, 4.69) is 22.9 Å². The molecule has 0 nitrogen and oxygen atoms in total.